The fourth-order valence-electron chi connectivity index (χ4n) is 2.29. The van der Waals surface area contributed by atoms with Gasteiger partial charge in [0, 0.05) is 13.0 Å². The average Bonchev–Trinajstić information content (AvgIpc) is 2.37. The maximum Gasteiger partial charge on any atom is 0.240 e. The minimum Gasteiger partial charge on any atom is -0.368 e. The molecule has 0 fully saturated rings. The van der Waals surface area contributed by atoms with Crippen LogP contribution in [0.2, 0.25) is 0 Å². The number of fused-ring (bicyclic) bond motifs is 1. The number of hydrogen-bond donors (Lipinski definition) is 2. The van der Waals surface area contributed by atoms with E-state index in [-0.39, 0.29) is 24.9 Å². The highest BCUT2D eigenvalue weighted by Gasteiger charge is 2.32. The molecule has 1 unspecified atom stereocenters. The molecule has 3 N–H and O–H groups in total. The van der Waals surface area contributed by atoms with Crippen molar-refractivity contribution in [3.63, 3.8) is 0 Å². The third-order valence-corrected chi connectivity index (χ3v) is 3.23. The Labute approximate surface area is 118 Å². The van der Waals surface area contributed by atoms with E-state index in [4.69, 9.17) is 5.73 Å². The van der Waals surface area contributed by atoms with E-state index in [9.17, 15) is 9.59 Å². The minimum atomic E-state index is -0.541. The molecule has 1 aromatic rings. The first kappa shape index (κ1) is 15.5. The van der Waals surface area contributed by atoms with Gasteiger partial charge in [-0.15, -0.1) is 12.4 Å². The van der Waals surface area contributed by atoms with Gasteiger partial charge < -0.3 is 16.0 Å². The molecule has 0 radical (unpaired) electrons. The highest BCUT2D eigenvalue weighted by atomic mass is 35.5. The van der Waals surface area contributed by atoms with E-state index in [1.165, 1.54) is 0 Å². The zero-order chi connectivity index (χ0) is 13.1. The van der Waals surface area contributed by atoms with Crippen molar-refractivity contribution in [2.75, 3.05) is 13.6 Å². The molecule has 2 rings (SSSR count). The van der Waals surface area contributed by atoms with Crippen LogP contribution in [0.1, 0.15) is 11.1 Å². The monoisotopic (exact) mass is 283 g/mol. The molecule has 1 heterocycles. The predicted molar refractivity (Wildman–Crippen MR) is 74.9 cm³/mol. The first-order valence-electron chi connectivity index (χ1n) is 5.93. The summed E-state index contributed by atoms with van der Waals surface area (Å²) in [6, 6.07) is 7.28. The molecule has 0 bridgehead atoms. The lowest BCUT2D eigenvalue weighted by Gasteiger charge is -2.35. The lowest BCUT2D eigenvalue weighted by molar-refractivity contribution is -0.139. The zero-order valence-electron chi connectivity index (χ0n) is 10.8. The van der Waals surface area contributed by atoms with Crippen molar-refractivity contribution in [1.29, 1.82) is 0 Å². The van der Waals surface area contributed by atoms with Gasteiger partial charge in [-0.05, 0) is 18.2 Å². The molecule has 0 aliphatic carbocycles. The lowest BCUT2D eigenvalue weighted by atomic mass is 9.93. The van der Waals surface area contributed by atoms with Gasteiger partial charge in [-0.1, -0.05) is 24.3 Å². The van der Waals surface area contributed by atoms with E-state index >= 15 is 0 Å². The number of primary amides is 1. The maximum absolute atomic E-state index is 12.0. The van der Waals surface area contributed by atoms with Crippen molar-refractivity contribution in [2.45, 2.75) is 19.0 Å². The summed E-state index contributed by atoms with van der Waals surface area (Å²) in [7, 11) is 1.70. The van der Waals surface area contributed by atoms with Crippen molar-refractivity contribution in [2.24, 2.45) is 5.73 Å². The third-order valence-electron chi connectivity index (χ3n) is 3.23. The molecule has 0 aromatic heterocycles. The topological polar surface area (TPSA) is 75.4 Å². The van der Waals surface area contributed by atoms with E-state index in [1.54, 1.807) is 11.9 Å². The van der Waals surface area contributed by atoms with Crippen LogP contribution in [-0.4, -0.2) is 36.3 Å². The molecule has 19 heavy (non-hydrogen) atoms. The van der Waals surface area contributed by atoms with Crippen LogP contribution in [0.5, 0.6) is 0 Å². The number of nitrogens with two attached hydrogens (primary N) is 1. The van der Waals surface area contributed by atoms with Crippen molar-refractivity contribution < 1.29 is 9.59 Å². The largest absolute Gasteiger partial charge is 0.368 e. The number of rotatable bonds is 3. The smallest absolute Gasteiger partial charge is 0.240 e. The number of carbonyl (C=O) groups is 2. The fourth-order valence-corrected chi connectivity index (χ4v) is 2.29. The van der Waals surface area contributed by atoms with Gasteiger partial charge in [0.2, 0.25) is 11.8 Å². The minimum absolute atomic E-state index is 0. The van der Waals surface area contributed by atoms with E-state index in [0.717, 1.165) is 11.1 Å². The Kier molecular flexibility index (Phi) is 5.32. The Balaban J connectivity index is 0.00000180. The van der Waals surface area contributed by atoms with Crippen LogP contribution < -0.4 is 11.1 Å². The zero-order valence-corrected chi connectivity index (χ0v) is 11.6. The molecule has 1 aliphatic rings. The Bertz CT molecular complexity index is 479. The number of likely N-dealkylation sites (N-methyl/N-ethyl adjacent to an activating group) is 1. The highest BCUT2D eigenvalue weighted by Crippen LogP contribution is 2.23. The lowest BCUT2D eigenvalue weighted by Crippen LogP contribution is -2.52. The van der Waals surface area contributed by atoms with Crippen LogP contribution in [0, 0.1) is 0 Å². The van der Waals surface area contributed by atoms with E-state index in [0.29, 0.717) is 13.0 Å². The highest BCUT2D eigenvalue weighted by molar-refractivity contribution is 5.88. The first-order valence-corrected chi connectivity index (χ1v) is 5.93. The molecule has 6 heteroatoms. The van der Waals surface area contributed by atoms with Gasteiger partial charge >= 0.3 is 0 Å². The van der Waals surface area contributed by atoms with E-state index in [1.807, 2.05) is 24.3 Å². The number of amides is 2. The average molecular weight is 284 g/mol. The van der Waals surface area contributed by atoms with Gasteiger partial charge in [0.05, 0.1) is 6.54 Å². The number of hydrogen-bond acceptors (Lipinski definition) is 3. The standard InChI is InChI=1S/C13H17N3O2.ClH/c1-15-7-12(17)16-8-10-5-3-2-4-9(10)6-11(16)13(14)18;/h2-5,11,15H,6-8H2,1H3,(H2,14,18);1H. The van der Waals surface area contributed by atoms with Crippen LogP contribution in [0.3, 0.4) is 0 Å². The SMILES string of the molecule is CNCC(=O)N1Cc2ccccc2CC1C(N)=O.Cl. The third kappa shape index (κ3) is 3.24. The Morgan fingerprint density at radius 2 is 2.00 bits per heavy atom. The van der Waals surface area contributed by atoms with Crippen LogP contribution in [0.4, 0.5) is 0 Å². The first-order chi connectivity index (χ1) is 8.63. The molecule has 104 valence electrons. The molecular formula is C13H18ClN3O2. The summed E-state index contributed by atoms with van der Waals surface area (Å²) in [6.07, 6.45) is 0.501. The number of nitrogens with zero attached hydrogens (tertiary/aromatic N) is 1. The van der Waals surface area contributed by atoms with Gasteiger partial charge in [0.1, 0.15) is 6.04 Å². The number of carbonyl (C=O) groups excluding carboxylic acids is 2. The molecule has 0 saturated carbocycles. The van der Waals surface area contributed by atoms with Crippen LogP contribution in [0.25, 0.3) is 0 Å². The normalized spacial score (nSPS) is 17.3. The van der Waals surface area contributed by atoms with Crippen molar-refractivity contribution in [3.8, 4) is 0 Å². The number of halogens is 1. The van der Waals surface area contributed by atoms with Crippen molar-refractivity contribution in [3.05, 3.63) is 35.4 Å². The maximum atomic E-state index is 12.0. The van der Waals surface area contributed by atoms with Crippen molar-refractivity contribution >= 4 is 24.2 Å². The molecule has 1 aliphatic heterocycles. The van der Waals surface area contributed by atoms with Gasteiger partial charge in [-0.2, -0.15) is 0 Å². The second-order valence-corrected chi connectivity index (χ2v) is 4.44. The van der Waals surface area contributed by atoms with Crippen LogP contribution in [-0.2, 0) is 22.6 Å². The fraction of sp³-hybridized carbons (Fsp3) is 0.385. The molecule has 1 aromatic carbocycles. The molecule has 0 spiro atoms. The van der Waals surface area contributed by atoms with Crippen LogP contribution in [0.15, 0.2) is 24.3 Å². The predicted octanol–water partition coefficient (Wildman–Crippen LogP) is 0.0664. The summed E-state index contributed by atoms with van der Waals surface area (Å²) >= 11 is 0. The Hall–Kier alpha value is -1.59. The van der Waals surface area contributed by atoms with E-state index < -0.39 is 11.9 Å². The molecule has 0 saturated heterocycles. The Morgan fingerprint density at radius 3 is 2.58 bits per heavy atom. The quantitative estimate of drug-likeness (QED) is 0.824. The van der Waals surface area contributed by atoms with Gasteiger partial charge in [0.15, 0.2) is 0 Å². The van der Waals surface area contributed by atoms with Crippen LogP contribution >= 0.6 is 12.4 Å². The van der Waals surface area contributed by atoms with E-state index in [2.05, 4.69) is 5.32 Å². The van der Waals surface area contributed by atoms with Crippen molar-refractivity contribution in [1.82, 2.24) is 10.2 Å². The summed E-state index contributed by atoms with van der Waals surface area (Å²) in [4.78, 5) is 25.0. The summed E-state index contributed by atoms with van der Waals surface area (Å²) in [5.74, 6) is -0.551. The van der Waals surface area contributed by atoms with Gasteiger partial charge in [-0.3, -0.25) is 9.59 Å². The van der Waals surface area contributed by atoms with Gasteiger partial charge in [-0.25, -0.2) is 0 Å². The summed E-state index contributed by atoms with van der Waals surface area (Å²) in [6.45, 7) is 0.663. The molecule has 1 atom stereocenters. The summed E-state index contributed by atoms with van der Waals surface area (Å²) in [5, 5.41) is 2.80. The molecule has 2 amide bonds. The Morgan fingerprint density at radius 1 is 1.37 bits per heavy atom. The number of benzene rings is 1. The molecule has 5 nitrogen and oxygen atoms in total. The summed E-state index contributed by atoms with van der Waals surface area (Å²) < 4.78 is 0. The number of nitrogens with one attached hydrogen (secondary N) is 1. The van der Waals surface area contributed by atoms with Gasteiger partial charge in [0.25, 0.3) is 0 Å². The summed E-state index contributed by atoms with van der Waals surface area (Å²) in [5.41, 5.74) is 7.57. The molecular weight excluding hydrogens is 266 g/mol. The second-order valence-electron chi connectivity index (χ2n) is 4.44. The second kappa shape index (κ2) is 6.54.